The van der Waals surface area contributed by atoms with Crippen molar-refractivity contribution in [2.75, 3.05) is 0 Å². The number of amides is 3. The molecule has 0 spiro atoms. The second-order valence-corrected chi connectivity index (χ2v) is 9.13. The lowest BCUT2D eigenvalue weighted by atomic mass is 10.0. The monoisotopic (exact) mass is 576 g/mol. The van der Waals surface area contributed by atoms with Gasteiger partial charge in [-0.1, -0.05) is 12.1 Å². The van der Waals surface area contributed by atoms with E-state index in [0.29, 0.717) is 11.3 Å². The quantitative estimate of drug-likeness (QED) is 0.104. The van der Waals surface area contributed by atoms with Crippen LogP contribution in [0.5, 0.6) is 5.75 Å². The first kappa shape index (κ1) is 32.2. The van der Waals surface area contributed by atoms with E-state index < -0.39 is 79.1 Å². The lowest BCUT2D eigenvalue weighted by Gasteiger charge is -2.25. The summed E-state index contributed by atoms with van der Waals surface area (Å²) in [6.45, 7) is 0. The van der Waals surface area contributed by atoms with Crippen LogP contribution in [0, 0.1) is 0 Å². The van der Waals surface area contributed by atoms with Gasteiger partial charge in [-0.25, -0.2) is 9.78 Å². The van der Waals surface area contributed by atoms with Crippen molar-refractivity contribution in [2.24, 2.45) is 5.73 Å². The molecule has 10 N–H and O–H groups in total. The molecule has 0 aliphatic carbocycles. The van der Waals surface area contributed by atoms with E-state index >= 15 is 0 Å². The smallest absolute Gasteiger partial charge is 0.326 e. The Morgan fingerprint density at radius 3 is 1.90 bits per heavy atom. The molecule has 0 saturated heterocycles. The van der Waals surface area contributed by atoms with Crippen LogP contribution in [0.4, 0.5) is 0 Å². The molecule has 0 bridgehead atoms. The summed E-state index contributed by atoms with van der Waals surface area (Å²) in [5.41, 5.74) is 6.56. The highest BCUT2D eigenvalue weighted by Crippen LogP contribution is 2.12. The number of phenols is 1. The number of H-pyrrole nitrogens is 1. The Balaban J connectivity index is 2.20. The number of nitrogens with zero attached hydrogens (tertiary/aromatic N) is 1. The highest BCUT2D eigenvalue weighted by molar-refractivity contribution is 5.94. The second-order valence-electron chi connectivity index (χ2n) is 9.13. The van der Waals surface area contributed by atoms with E-state index in [4.69, 9.17) is 15.9 Å². The average molecular weight is 577 g/mol. The number of carbonyl (C=O) groups is 6. The molecule has 0 fully saturated rings. The van der Waals surface area contributed by atoms with Gasteiger partial charge in [0.2, 0.25) is 17.7 Å². The first-order valence-corrected chi connectivity index (χ1v) is 12.4. The normalized spacial score (nSPS) is 13.7. The molecule has 4 atom stereocenters. The zero-order chi connectivity index (χ0) is 30.5. The molecular formula is C25H32N6O10. The number of nitrogens with one attached hydrogen (secondary N) is 4. The van der Waals surface area contributed by atoms with E-state index in [1.54, 1.807) is 0 Å². The van der Waals surface area contributed by atoms with Crippen LogP contribution in [0.25, 0.3) is 0 Å². The number of carboxylic acid groups (broad SMARTS) is 3. The highest BCUT2D eigenvalue weighted by Gasteiger charge is 2.31. The van der Waals surface area contributed by atoms with Gasteiger partial charge in [0, 0.05) is 31.9 Å². The number of carbonyl (C=O) groups excluding carboxylic acids is 3. The predicted molar refractivity (Wildman–Crippen MR) is 139 cm³/mol. The minimum atomic E-state index is -1.50. The van der Waals surface area contributed by atoms with Gasteiger partial charge in [-0.15, -0.1) is 0 Å². The number of carboxylic acids is 3. The van der Waals surface area contributed by atoms with Gasteiger partial charge in [0.15, 0.2) is 0 Å². The van der Waals surface area contributed by atoms with Crippen molar-refractivity contribution in [3.05, 3.63) is 48.0 Å². The molecule has 0 aliphatic rings. The van der Waals surface area contributed by atoms with Crippen LogP contribution in [-0.4, -0.2) is 90.2 Å². The predicted octanol–water partition coefficient (Wildman–Crippen LogP) is -1.50. The Morgan fingerprint density at radius 2 is 1.34 bits per heavy atom. The minimum Gasteiger partial charge on any atom is -0.508 e. The van der Waals surface area contributed by atoms with Crippen LogP contribution in [0.2, 0.25) is 0 Å². The Kier molecular flexibility index (Phi) is 12.2. The number of aromatic hydroxyl groups is 1. The number of rotatable bonds is 17. The lowest BCUT2D eigenvalue weighted by Crippen LogP contribution is -2.57. The van der Waals surface area contributed by atoms with Gasteiger partial charge in [-0.3, -0.25) is 24.0 Å². The molecule has 41 heavy (non-hydrogen) atoms. The third kappa shape index (κ3) is 11.3. The largest absolute Gasteiger partial charge is 0.508 e. The molecule has 16 nitrogen and oxygen atoms in total. The van der Waals surface area contributed by atoms with Crippen LogP contribution in [-0.2, 0) is 41.6 Å². The van der Waals surface area contributed by atoms with Crippen molar-refractivity contribution >= 4 is 35.6 Å². The molecule has 1 aromatic carbocycles. The van der Waals surface area contributed by atoms with E-state index in [1.165, 1.54) is 36.8 Å². The number of aliphatic carboxylic acids is 3. The zero-order valence-corrected chi connectivity index (χ0v) is 21.8. The third-order valence-electron chi connectivity index (χ3n) is 5.88. The molecule has 0 unspecified atom stereocenters. The van der Waals surface area contributed by atoms with E-state index in [1.807, 2.05) is 0 Å². The van der Waals surface area contributed by atoms with Gasteiger partial charge in [0.1, 0.15) is 23.9 Å². The maximum atomic E-state index is 13.2. The Bertz CT molecular complexity index is 1220. The molecule has 16 heteroatoms. The molecule has 0 radical (unpaired) electrons. The first-order valence-electron chi connectivity index (χ1n) is 12.4. The molecule has 0 aliphatic heterocycles. The number of phenolic OH excluding ortho intramolecular Hbond substituents is 1. The number of benzene rings is 1. The number of imidazole rings is 1. The fourth-order valence-electron chi connectivity index (χ4n) is 3.66. The fraction of sp³-hybridized carbons (Fsp3) is 0.400. The molecular weight excluding hydrogens is 544 g/mol. The SMILES string of the molecule is N[C@@H](CCC(=O)O)C(=O)N[C@@H](Cc1c[nH]cn1)C(=O)N[C@@H](CCC(=O)O)C(=O)N[C@@H](Cc1ccc(O)cc1)C(=O)O. The standard InChI is InChI=1S/C25H32N6O10/c26-16(5-7-20(33)34)22(37)30-18(10-14-11-27-12-28-14)24(39)29-17(6-8-21(35)36)23(38)31-19(25(40)41)9-13-1-3-15(32)4-2-13/h1-4,11-12,16-19,32H,5-10,26H2,(H,27,28)(H,29,39)(H,30,37)(H,31,38)(H,33,34)(H,35,36)(H,40,41)/t16-,17-,18-,19-/m0/s1. The summed E-state index contributed by atoms with van der Waals surface area (Å²) in [4.78, 5) is 79.4. The summed E-state index contributed by atoms with van der Waals surface area (Å²) in [5.74, 6) is -6.61. The Hall–Kier alpha value is -4.99. The summed E-state index contributed by atoms with van der Waals surface area (Å²) in [5, 5.41) is 44.1. The Labute approximate surface area is 233 Å². The topological polar surface area (TPSA) is 274 Å². The number of hydrogen-bond acceptors (Lipinski definition) is 9. The maximum Gasteiger partial charge on any atom is 0.326 e. The van der Waals surface area contributed by atoms with E-state index in [-0.39, 0.29) is 25.0 Å². The lowest BCUT2D eigenvalue weighted by molar-refractivity contribution is -0.143. The van der Waals surface area contributed by atoms with Crippen LogP contribution < -0.4 is 21.7 Å². The number of hydrogen-bond donors (Lipinski definition) is 9. The number of nitrogens with two attached hydrogens (primary N) is 1. The molecule has 3 amide bonds. The maximum absolute atomic E-state index is 13.2. The van der Waals surface area contributed by atoms with E-state index in [2.05, 4.69) is 25.9 Å². The molecule has 222 valence electrons. The van der Waals surface area contributed by atoms with Gasteiger partial charge < -0.3 is 47.1 Å². The molecule has 0 saturated carbocycles. The van der Waals surface area contributed by atoms with Crippen molar-refractivity contribution in [2.45, 2.75) is 62.7 Å². The summed E-state index contributed by atoms with van der Waals surface area (Å²) < 4.78 is 0. The van der Waals surface area contributed by atoms with Crippen LogP contribution >= 0.6 is 0 Å². The number of aromatic nitrogens is 2. The molecule has 2 aromatic rings. The summed E-state index contributed by atoms with van der Waals surface area (Å²) in [7, 11) is 0. The Morgan fingerprint density at radius 1 is 0.780 bits per heavy atom. The van der Waals surface area contributed by atoms with Crippen molar-refractivity contribution in [3.8, 4) is 5.75 Å². The van der Waals surface area contributed by atoms with E-state index in [9.17, 15) is 39.0 Å². The molecule has 1 aromatic heterocycles. The van der Waals surface area contributed by atoms with Gasteiger partial charge in [0.25, 0.3) is 0 Å². The summed E-state index contributed by atoms with van der Waals surface area (Å²) >= 11 is 0. The van der Waals surface area contributed by atoms with Crippen LogP contribution in [0.1, 0.15) is 36.9 Å². The fourth-order valence-corrected chi connectivity index (χ4v) is 3.66. The van der Waals surface area contributed by atoms with Crippen molar-refractivity contribution in [1.29, 1.82) is 0 Å². The summed E-state index contributed by atoms with van der Waals surface area (Å²) in [6.07, 6.45) is 0.881. The van der Waals surface area contributed by atoms with Gasteiger partial charge in [-0.2, -0.15) is 0 Å². The molecule has 2 rings (SSSR count). The van der Waals surface area contributed by atoms with E-state index in [0.717, 1.165) is 0 Å². The average Bonchev–Trinajstić information content (AvgIpc) is 3.42. The number of aromatic amines is 1. The zero-order valence-electron chi connectivity index (χ0n) is 21.8. The van der Waals surface area contributed by atoms with Crippen LogP contribution in [0.15, 0.2) is 36.8 Å². The third-order valence-corrected chi connectivity index (χ3v) is 5.88. The first-order chi connectivity index (χ1) is 19.3. The highest BCUT2D eigenvalue weighted by atomic mass is 16.4. The summed E-state index contributed by atoms with van der Waals surface area (Å²) in [6, 6.07) is 0.0372. The van der Waals surface area contributed by atoms with Gasteiger partial charge >= 0.3 is 17.9 Å². The van der Waals surface area contributed by atoms with Crippen molar-refractivity contribution < 1.29 is 49.2 Å². The van der Waals surface area contributed by atoms with Gasteiger partial charge in [-0.05, 0) is 30.5 Å². The van der Waals surface area contributed by atoms with Crippen LogP contribution in [0.3, 0.4) is 0 Å². The van der Waals surface area contributed by atoms with Crippen molar-refractivity contribution in [1.82, 2.24) is 25.9 Å². The minimum absolute atomic E-state index is 0.0413. The van der Waals surface area contributed by atoms with Crippen molar-refractivity contribution in [3.63, 3.8) is 0 Å². The van der Waals surface area contributed by atoms with Gasteiger partial charge in [0.05, 0.1) is 18.1 Å². The second kappa shape index (κ2) is 15.6. The molecule has 1 heterocycles.